The molecular weight excluding hydrogens is 262 g/mol. The second-order valence-corrected chi connectivity index (χ2v) is 5.79. The van der Waals surface area contributed by atoms with Gasteiger partial charge in [-0.1, -0.05) is 31.4 Å². The highest BCUT2D eigenvalue weighted by molar-refractivity contribution is 6.03. The summed E-state index contributed by atoms with van der Waals surface area (Å²) in [4.78, 5) is 12.2. The molecular formula is C17H21N3O. The van der Waals surface area contributed by atoms with Crippen molar-refractivity contribution in [3.8, 4) is 0 Å². The topological polar surface area (TPSA) is 46.9 Å². The SMILES string of the molecule is Cn1ccc(NC(=O)c2ccc(C3CCCCC3)cc2)n1. The number of amides is 1. The van der Waals surface area contributed by atoms with Gasteiger partial charge in [0.05, 0.1) is 0 Å². The summed E-state index contributed by atoms with van der Waals surface area (Å²) in [6.07, 6.45) is 8.38. The van der Waals surface area contributed by atoms with E-state index in [-0.39, 0.29) is 5.91 Å². The van der Waals surface area contributed by atoms with Crippen molar-refractivity contribution in [2.24, 2.45) is 7.05 Å². The molecule has 2 aromatic rings. The fourth-order valence-electron chi connectivity index (χ4n) is 3.01. The normalized spacial score (nSPS) is 15.9. The Balaban J connectivity index is 1.67. The van der Waals surface area contributed by atoms with E-state index in [1.807, 2.05) is 25.4 Å². The van der Waals surface area contributed by atoms with Gasteiger partial charge < -0.3 is 5.32 Å². The largest absolute Gasteiger partial charge is 0.305 e. The maximum absolute atomic E-state index is 12.2. The first kappa shape index (κ1) is 13.9. The number of nitrogens with zero attached hydrogens (tertiary/aromatic N) is 2. The predicted molar refractivity (Wildman–Crippen MR) is 83.4 cm³/mol. The average molecular weight is 283 g/mol. The molecule has 4 nitrogen and oxygen atoms in total. The second kappa shape index (κ2) is 6.12. The summed E-state index contributed by atoms with van der Waals surface area (Å²) in [6.45, 7) is 0. The van der Waals surface area contributed by atoms with Crippen LogP contribution in [0.1, 0.15) is 53.9 Å². The van der Waals surface area contributed by atoms with Gasteiger partial charge >= 0.3 is 0 Å². The van der Waals surface area contributed by atoms with Crippen LogP contribution >= 0.6 is 0 Å². The van der Waals surface area contributed by atoms with Crippen LogP contribution in [0.3, 0.4) is 0 Å². The lowest BCUT2D eigenvalue weighted by Gasteiger charge is -2.22. The van der Waals surface area contributed by atoms with Gasteiger partial charge in [-0.05, 0) is 36.5 Å². The fourth-order valence-corrected chi connectivity index (χ4v) is 3.01. The second-order valence-electron chi connectivity index (χ2n) is 5.79. The molecule has 1 aromatic heterocycles. The van der Waals surface area contributed by atoms with Gasteiger partial charge in [0.15, 0.2) is 5.82 Å². The van der Waals surface area contributed by atoms with E-state index in [1.165, 1.54) is 37.7 Å². The molecule has 1 saturated carbocycles. The zero-order valence-electron chi connectivity index (χ0n) is 12.4. The third kappa shape index (κ3) is 3.32. The number of benzene rings is 1. The van der Waals surface area contributed by atoms with Crippen LogP contribution in [0.15, 0.2) is 36.5 Å². The van der Waals surface area contributed by atoms with Gasteiger partial charge in [0.2, 0.25) is 0 Å². The van der Waals surface area contributed by atoms with Gasteiger partial charge in [-0.15, -0.1) is 0 Å². The third-order valence-corrected chi connectivity index (χ3v) is 4.20. The van der Waals surface area contributed by atoms with Gasteiger partial charge in [0.1, 0.15) is 0 Å². The van der Waals surface area contributed by atoms with Crippen molar-refractivity contribution >= 4 is 11.7 Å². The number of hydrogen-bond donors (Lipinski definition) is 1. The molecule has 0 atom stereocenters. The molecule has 21 heavy (non-hydrogen) atoms. The highest BCUT2D eigenvalue weighted by Gasteiger charge is 2.16. The molecule has 0 aliphatic heterocycles. The van der Waals surface area contributed by atoms with Crippen LogP contribution in [0.5, 0.6) is 0 Å². The number of aromatic nitrogens is 2. The molecule has 3 rings (SSSR count). The zero-order chi connectivity index (χ0) is 14.7. The molecule has 1 aliphatic rings. The molecule has 0 bridgehead atoms. The van der Waals surface area contributed by atoms with Crippen LogP contribution in [0.4, 0.5) is 5.82 Å². The molecule has 0 unspecified atom stereocenters. The predicted octanol–water partition coefficient (Wildman–Crippen LogP) is 3.72. The molecule has 0 saturated heterocycles. The first-order valence-corrected chi connectivity index (χ1v) is 7.63. The molecule has 1 aromatic carbocycles. The summed E-state index contributed by atoms with van der Waals surface area (Å²) in [5, 5.41) is 6.96. The van der Waals surface area contributed by atoms with Crippen LogP contribution in [0.2, 0.25) is 0 Å². The van der Waals surface area contributed by atoms with E-state index >= 15 is 0 Å². The van der Waals surface area contributed by atoms with Crippen molar-refractivity contribution in [3.63, 3.8) is 0 Å². The molecule has 1 heterocycles. The Labute approximate surface area is 125 Å². The monoisotopic (exact) mass is 283 g/mol. The Hall–Kier alpha value is -2.10. The highest BCUT2D eigenvalue weighted by Crippen LogP contribution is 2.32. The molecule has 110 valence electrons. The van der Waals surface area contributed by atoms with Crippen LogP contribution in [-0.2, 0) is 7.05 Å². The van der Waals surface area contributed by atoms with E-state index in [0.29, 0.717) is 17.3 Å². The van der Waals surface area contributed by atoms with Crippen molar-refractivity contribution in [1.82, 2.24) is 9.78 Å². The Morgan fingerprint density at radius 2 is 1.86 bits per heavy atom. The van der Waals surface area contributed by atoms with Crippen LogP contribution < -0.4 is 5.32 Å². The summed E-state index contributed by atoms with van der Waals surface area (Å²) in [6, 6.07) is 9.82. The van der Waals surface area contributed by atoms with E-state index in [4.69, 9.17) is 0 Å². The van der Waals surface area contributed by atoms with Gasteiger partial charge in [-0.2, -0.15) is 5.10 Å². The van der Waals surface area contributed by atoms with Gasteiger partial charge in [0, 0.05) is 24.9 Å². The average Bonchev–Trinajstić information content (AvgIpc) is 2.93. The molecule has 1 N–H and O–H groups in total. The van der Waals surface area contributed by atoms with Crippen LogP contribution in [-0.4, -0.2) is 15.7 Å². The first-order chi connectivity index (χ1) is 10.2. The zero-order valence-corrected chi connectivity index (χ0v) is 12.4. The number of aryl methyl sites for hydroxylation is 1. The summed E-state index contributed by atoms with van der Waals surface area (Å²) in [7, 11) is 1.83. The number of carbonyl (C=O) groups is 1. The number of nitrogens with one attached hydrogen (secondary N) is 1. The van der Waals surface area contributed by atoms with E-state index in [9.17, 15) is 4.79 Å². The maximum Gasteiger partial charge on any atom is 0.256 e. The third-order valence-electron chi connectivity index (χ3n) is 4.20. The minimum Gasteiger partial charge on any atom is -0.305 e. The minimum atomic E-state index is -0.108. The van der Waals surface area contributed by atoms with E-state index < -0.39 is 0 Å². The number of carbonyl (C=O) groups excluding carboxylic acids is 1. The van der Waals surface area contributed by atoms with E-state index in [1.54, 1.807) is 10.7 Å². The van der Waals surface area contributed by atoms with Crippen molar-refractivity contribution in [1.29, 1.82) is 0 Å². The van der Waals surface area contributed by atoms with Crippen molar-refractivity contribution in [2.45, 2.75) is 38.0 Å². The summed E-state index contributed by atoms with van der Waals surface area (Å²) in [5.74, 6) is 1.15. The van der Waals surface area contributed by atoms with Crippen LogP contribution in [0, 0.1) is 0 Å². The Morgan fingerprint density at radius 3 is 2.48 bits per heavy atom. The maximum atomic E-state index is 12.2. The standard InChI is InChI=1S/C17H21N3O/c1-20-12-11-16(19-20)18-17(21)15-9-7-14(8-10-15)13-5-3-2-4-6-13/h7-13H,2-6H2,1H3,(H,18,19,21). The van der Waals surface area contributed by atoms with E-state index in [0.717, 1.165) is 0 Å². The highest BCUT2D eigenvalue weighted by atomic mass is 16.1. The Morgan fingerprint density at radius 1 is 1.14 bits per heavy atom. The van der Waals surface area contributed by atoms with Crippen molar-refractivity contribution in [2.75, 3.05) is 5.32 Å². The smallest absolute Gasteiger partial charge is 0.256 e. The van der Waals surface area contributed by atoms with Gasteiger partial charge in [-0.25, -0.2) is 0 Å². The van der Waals surface area contributed by atoms with Gasteiger partial charge in [0.25, 0.3) is 5.91 Å². The lowest BCUT2D eigenvalue weighted by molar-refractivity contribution is 0.102. The molecule has 4 heteroatoms. The number of rotatable bonds is 3. The van der Waals surface area contributed by atoms with Crippen molar-refractivity contribution in [3.05, 3.63) is 47.7 Å². The molecule has 0 spiro atoms. The number of hydrogen-bond acceptors (Lipinski definition) is 2. The summed E-state index contributed by atoms with van der Waals surface area (Å²) in [5.41, 5.74) is 2.05. The molecule has 1 fully saturated rings. The fraction of sp³-hybridized carbons (Fsp3) is 0.412. The minimum absolute atomic E-state index is 0.108. The Kier molecular flexibility index (Phi) is 4.04. The lowest BCUT2D eigenvalue weighted by atomic mass is 9.84. The Bertz CT molecular complexity index is 609. The van der Waals surface area contributed by atoms with E-state index in [2.05, 4.69) is 22.5 Å². The van der Waals surface area contributed by atoms with Gasteiger partial charge in [-0.3, -0.25) is 9.48 Å². The molecule has 1 amide bonds. The summed E-state index contributed by atoms with van der Waals surface area (Å²) >= 11 is 0. The van der Waals surface area contributed by atoms with Crippen molar-refractivity contribution < 1.29 is 4.79 Å². The quantitative estimate of drug-likeness (QED) is 0.933. The number of anilines is 1. The summed E-state index contributed by atoms with van der Waals surface area (Å²) < 4.78 is 1.67. The molecule has 0 radical (unpaired) electrons. The molecule has 1 aliphatic carbocycles. The van der Waals surface area contributed by atoms with Crippen LogP contribution in [0.25, 0.3) is 0 Å². The lowest BCUT2D eigenvalue weighted by Crippen LogP contribution is -2.13. The first-order valence-electron chi connectivity index (χ1n) is 7.63.